The molecule has 1 amide bonds. The summed E-state index contributed by atoms with van der Waals surface area (Å²) in [7, 11) is 0. The van der Waals surface area contributed by atoms with Gasteiger partial charge >= 0.3 is 0 Å². The fourth-order valence-corrected chi connectivity index (χ4v) is 2.76. The van der Waals surface area contributed by atoms with Gasteiger partial charge in [-0.1, -0.05) is 20.8 Å². The molecule has 1 unspecified atom stereocenters. The van der Waals surface area contributed by atoms with Gasteiger partial charge in [0, 0.05) is 18.0 Å². The average Bonchev–Trinajstić information content (AvgIpc) is 2.84. The monoisotopic (exact) mass is 332 g/mol. The van der Waals surface area contributed by atoms with Gasteiger partial charge in [0.25, 0.3) is 5.91 Å². The molecule has 0 fully saturated rings. The molecule has 6 heteroatoms. The van der Waals surface area contributed by atoms with E-state index in [4.69, 9.17) is 0 Å². The van der Waals surface area contributed by atoms with Crippen molar-refractivity contribution in [3.05, 3.63) is 23.5 Å². The molecule has 2 aromatic rings. The van der Waals surface area contributed by atoms with Crippen molar-refractivity contribution in [3.8, 4) is 0 Å². The second kappa shape index (κ2) is 6.89. The number of hydrogen-bond acceptors (Lipinski definition) is 4. The summed E-state index contributed by atoms with van der Waals surface area (Å²) in [4.78, 5) is 17.0. The predicted molar refractivity (Wildman–Crippen MR) is 95.1 cm³/mol. The molecule has 0 aliphatic rings. The van der Waals surface area contributed by atoms with Crippen LogP contribution in [0.15, 0.2) is 12.3 Å². The molecule has 0 radical (unpaired) electrons. The van der Waals surface area contributed by atoms with Crippen molar-refractivity contribution in [3.63, 3.8) is 0 Å². The normalized spacial score (nSPS) is 13.5. The molecule has 6 nitrogen and oxygen atoms in total. The Morgan fingerprint density at radius 2 is 2.04 bits per heavy atom. The Labute approximate surface area is 143 Å². The second-order valence-electron chi connectivity index (χ2n) is 7.85. The van der Waals surface area contributed by atoms with E-state index < -0.39 is 6.10 Å². The number of hydrogen-bond donors (Lipinski definition) is 2. The number of rotatable bonds is 5. The Kier molecular flexibility index (Phi) is 5.28. The first kappa shape index (κ1) is 18.4. The van der Waals surface area contributed by atoms with E-state index in [2.05, 4.69) is 36.2 Å². The fraction of sp³-hybridized carbons (Fsp3) is 0.611. The standard InChI is InChI=1S/C18H28N4O2/c1-11(2)22-16-13(9-20-22)7-15(12(3)21-16)17(24)19-10-14(23)8-18(4,5)6/h7,9,11,14,23H,8,10H2,1-6H3,(H,19,24). The molecule has 2 aromatic heterocycles. The molecule has 1 atom stereocenters. The summed E-state index contributed by atoms with van der Waals surface area (Å²) in [5.41, 5.74) is 1.99. The first-order valence-corrected chi connectivity index (χ1v) is 8.39. The van der Waals surface area contributed by atoms with E-state index in [-0.39, 0.29) is 23.9 Å². The highest BCUT2D eigenvalue weighted by atomic mass is 16.3. The first-order valence-electron chi connectivity index (χ1n) is 8.39. The van der Waals surface area contributed by atoms with E-state index in [1.54, 1.807) is 6.20 Å². The Morgan fingerprint density at radius 1 is 1.38 bits per heavy atom. The van der Waals surface area contributed by atoms with Gasteiger partial charge in [-0.25, -0.2) is 9.67 Å². The van der Waals surface area contributed by atoms with Gasteiger partial charge in [-0.3, -0.25) is 4.79 Å². The van der Waals surface area contributed by atoms with Gasteiger partial charge in [0.2, 0.25) is 0 Å². The SMILES string of the molecule is Cc1nc2c(cnn2C(C)C)cc1C(=O)NCC(O)CC(C)(C)C. The highest BCUT2D eigenvalue weighted by Gasteiger charge is 2.19. The highest BCUT2D eigenvalue weighted by Crippen LogP contribution is 2.21. The summed E-state index contributed by atoms with van der Waals surface area (Å²) in [5, 5.41) is 18.0. The molecule has 2 heterocycles. The van der Waals surface area contributed by atoms with E-state index in [0.29, 0.717) is 17.7 Å². The van der Waals surface area contributed by atoms with Gasteiger partial charge in [0.1, 0.15) is 0 Å². The first-order chi connectivity index (χ1) is 11.1. The van der Waals surface area contributed by atoms with Crippen LogP contribution in [0.2, 0.25) is 0 Å². The topological polar surface area (TPSA) is 80.0 Å². The largest absolute Gasteiger partial charge is 0.391 e. The van der Waals surface area contributed by atoms with Crippen LogP contribution in [0.3, 0.4) is 0 Å². The van der Waals surface area contributed by atoms with Crippen LogP contribution >= 0.6 is 0 Å². The van der Waals surface area contributed by atoms with Crippen LogP contribution in [-0.4, -0.2) is 38.4 Å². The minimum absolute atomic E-state index is 0.0198. The molecule has 0 saturated heterocycles. The molecule has 0 aliphatic carbocycles. The number of carbonyl (C=O) groups is 1. The number of nitrogens with zero attached hydrogens (tertiary/aromatic N) is 3. The van der Waals surface area contributed by atoms with Crippen LogP contribution in [0, 0.1) is 12.3 Å². The van der Waals surface area contributed by atoms with Gasteiger partial charge in [-0.05, 0) is 38.7 Å². The number of aliphatic hydroxyl groups excluding tert-OH is 1. The third-order valence-electron chi connectivity index (χ3n) is 3.84. The van der Waals surface area contributed by atoms with Crippen molar-refractivity contribution in [2.75, 3.05) is 6.54 Å². The summed E-state index contributed by atoms with van der Waals surface area (Å²) in [6.45, 7) is 12.3. The van der Waals surface area contributed by atoms with Crippen molar-refractivity contribution in [2.45, 2.75) is 60.1 Å². The molecule has 24 heavy (non-hydrogen) atoms. The maximum Gasteiger partial charge on any atom is 0.253 e. The third-order valence-corrected chi connectivity index (χ3v) is 3.84. The smallest absolute Gasteiger partial charge is 0.253 e. The third kappa shape index (κ3) is 4.32. The molecule has 0 aromatic carbocycles. The van der Waals surface area contributed by atoms with Crippen molar-refractivity contribution < 1.29 is 9.90 Å². The van der Waals surface area contributed by atoms with Crippen LogP contribution in [0.5, 0.6) is 0 Å². The molecule has 2 rings (SSSR count). The molecular formula is C18H28N4O2. The number of aryl methyl sites for hydroxylation is 1. The zero-order valence-corrected chi connectivity index (χ0v) is 15.4. The summed E-state index contributed by atoms with van der Waals surface area (Å²) in [5.74, 6) is -0.216. The lowest BCUT2D eigenvalue weighted by Crippen LogP contribution is -2.34. The van der Waals surface area contributed by atoms with Crippen molar-refractivity contribution in [1.29, 1.82) is 0 Å². The number of pyridine rings is 1. The van der Waals surface area contributed by atoms with E-state index in [0.717, 1.165) is 11.0 Å². The molecule has 0 aliphatic heterocycles. The van der Waals surface area contributed by atoms with Gasteiger partial charge in [-0.2, -0.15) is 5.10 Å². The summed E-state index contributed by atoms with van der Waals surface area (Å²) in [6, 6.07) is 2.02. The number of carbonyl (C=O) groups excluding carboxylic acids is 1. The minimum atomic E-state index is -0.561. The lowest BCUT2D eigenvalue weighted by atomic mass is 9.89. The zero-order valence-electron chi connectivity index (χ0n) is 15.4. The molecular weight excluding hydrogens is 304 g/mol. The second-order valence-corrected chi connectivity index (χ2v) is 7.85. The molecule has 0 spiro atoms. The lowest BCUT2D eigenvalue weighted by molar-refractivity contribution is 0.0868. The summed E-state index contributed by atoms with van der Waals surface area (Å²) in [6.07, 6.45) is 1.80. The van der Waals surface area contributed by atoms with Gasteiger partial charge in [0.15, 0.2) is 5.65 Å². The van der Waals surface area contributed by atoms with E-state index >= 15 is 0 Å². The van der Waals surface area contributed by atoms with Crippen molar-refractivity contribution >= 4 is 16.9 Å². The Hall–Kier alpha value is -1.95. The van der Waals surface area contributed by atoms with Crippen molar-refractivity contribution in [2.24, 2.45) is 5.41 Å². The number of nitrogens with one attached hydrogen (secondary N) is 1. The van der Waals surface area contributed by atoms with E-state index in [1.165, 1.54) is 0 Å². The van der Waals surface area contributed by atoms with Crippen LogP contribution in [0.1, 0.15) is 63.1 Å². The maximum absolute atomic E-state index is 12.4. The molecule has 132 valence electrons. The number of fused-ring (bicyclic) bond motifs is 1. The van der Waals surface area contributed by atoms with Crippen molar-refractivity contribution in [1.82, 2.24) is 20.1 Å². The maximum atomic E-state index is 12.4. The molecule has 0 bridgehead atoms. The van der Waals surface area contributed by atoms with Crippen LogP contribution < -0.4 is 5.32 Å². The number of aromatic nitrogens is 3. The minimum Gasteiger partial charge on any atom is -0.391 e. The number of aliphatic hydroxyl groups is 1. The van der Waals surface area contributed by atoms with Crippen LogP contribution in [0.25, 0.3) is 11.0 Å². The fourth-order valence-electron chi connectivity index (χ4n) is 2.76. The molecule has 0 saturated carbocycles. The molecule has 2 N–H and O–H groups in total. The highest BCUT2D eigenvalue weighted by molar-refractivity contribution is 5.98. The van der Waals surface area contributed by atoms with Crippen LogP contribution in [0.4, 0.5) is 0 Å². The quantitative estimate of drug-likeness (QED) is 0.882. The summed E-state index contributed by atoms with van der Waals surface area (Å²) < 4.78 is 1.84. The summed E-state index contributed by atoms with van der Waals surface area (Å²) >= 11 is 0. The van der Waals surface area contributed by atoms with E-state index in [9.17, 15) is 9.90 Å². The Bertz CT molecular complexity index is 728. The lowest BCUT2D eigenvalue weighted by Gasteiger charge is -2.22. The average molecular weight is 332 g/mol. The van der Waals surface area contributed by atoms with Gasteiger partial charge in [-0.15, -0.1) is 0 Å². The predicted octanol–water partition coefficient (Wildman–Crippen LogP) is 2.85. The van der Waals surface area contributed by atoms with E-state index in [1.807, 2.05) is 31.5 Å². The Balaban J connectivity index is 2.14. The Morgan fingerprint density at radius 3 is 2.62 bits per heavy atom. The van der Waals surface area contributed by atoms with Crippen LogP contribution in [-0.2, 0) is 0 Å². The zero-order chi connectivity index (χ0) is 18.1. The number of amides is 1. The van der Waals surface area contributed by atoms with Gasteiger partial charge < -0.3 is 10.4 Å². The van der Waals surface area contributed by atoms with Gasteiger partial charge in [0.05, 0.1) is 23.6 Å².